The largest absolute Gasteiger partial charge is 0.384 e. The summed E-state index contributed by atoms with van der Waals surface area (Å²) in [6.45, 7) is 4.42. The van der Waals surface area contributed by atoms with Crippen LogP contribution in [0.1, 0.15) is 26.0 Å². The van der Waals surface area contributed by atoms with E-state index in [1.807, 2.05) is 18.2 Å². The SMILES string of the molecule is CCC(C)Cc1cccc(N)n1. The lowest BCUT2D eigenvalue weighted by Crippen LogP contribution is -2.01. The second kappa shape index (κ2) is 4.10. The first-order chi connectivity index (χ1) is 5.72. The lowest BCUT2D eigenvalue weighted by molar-refractivity contribution is 0.553. The second-order valence-corrected chi connectivity index (χ2v) is 3.27. The van der Waals surface area contributed by atoms with Crippen molar-refractivity contribution in [2.45, 2.75) is 26.7 Å². The molecule has 0 fully saturated rings. The second-order valence-electron chi connectivity index (χ2n) is 3.27. The number of nitrogens with zero attached hydrogens (tertiary/aromatic N) is 1. The maximum Gasteiger partial charge on any atom is 0.123 e. The topological polar surface area (TPSA) is 38.9 Å². The van der Waals surface area contributed by atoms with E-state index in [2.05, 4.69) is 18.8 Å². The van der Waals surface area contributed by atoms with Crippen molar-refractivity contribution in [1.82, 2.24) is 4.98 Å². The Morgan fingerprint density at radius 3 is 2.83 bits per heavy atom. The zero-order chi connectivity index (χ0) is 8.97. The fourth-order valence-electron chi connectivity index (χ4n) is 1.11. The highest BCUT2D eigenvalue weighted by Crippen LogP contribution is 2.10. The van der Waals surface area contributed by atoms with Crippen LogP contribution in [0.15, 0.2) is 18.2 Å². The zero-order valence-electron chi connectivity index (χ0n) is 7.75. The van der Waals surface area contributed by atoms with Crippen LogP contribution in [-0.4, -0.2) is 4.98 Å². The highest BCUT2D eigenvalue weighted by Gasteiger charge is 2.01. The van der Waals surface area contributed by atoms with E-state index < -0.39 is 0 Å². The molecule has 2 N–H and O–H groups in total. The first kappa shape index (κ1) is 9.04. The Morgan fingerprint density at radius 1 is 1.50 bits per heavy atom. The van der Waals surface area contributed by atoms with Gasteiger partial charge in [-0.3, -0.25) is 0 Å². The molecule has 0 saturated heterocycles. The predicted octanol–water partition coefficient (Wildman–Crippen LogP) is 2.25. The van der Waals surface area contributed by atoms with E-state index in [1.165, 1.54) is 6.42 Å². The van der Waals surface area contributed by atoms with Crippen LogP contribution < -0.4 is 5.73 Å². The molecule has 0 aliphatic carbocycles. The molecule has 0 saturated carbocycles. The molecule has 12 heavy (non-hydrogen) atoms. The van der Waals surface area contributed by atoms with Gasteiger partial charge in [-0.05, 0) is 24.5 Å². The molecule has 1 aromatic rings. The predicted molar refractivity (Wildman–Crippen MR) is 51.8 cm³/mol. The minimum absolute atomic E-state index is 0.621. The van der Waals surface area contributed by atoms with Crippen molar-refractivity contribution in [2.24, 2.45) is 5.92 Å². The van der Waals surface area contributed by atoms with Crippen LogP contribution in [0.2, 0.25) is 0 Å². The summed E-state index contributed by atoms with van der Waals surface area (Å²) in [6.07, 6.45) is 2.22. The number of rotatable bonds is 3. The fraction of sp³-hybridized carbons (Fsp3) is 0.500. The third kappa shape index (κ3) is 2.53. The van der Waals surface area contributed by atoms with Crippen LogP contribution >= 0.6 is 0 Å². The summed E-state index contributed by atoms with van der Waals surface area (Å²) in [5, 5.41) is 0. The zero-order valence-corrected chi connectivity index (χ0v) is 7.75. The maximum absolute atomic E-state index is 5.56. The van der Waals surface area contributed by atoms with E-state index in [0.717, 1.165) is 12.1 Å². The van der Waals surface area contributed by atoms with Crippen LogP contribution in [0.5, 0.6) is 0 Å². The molecule has 1 unspecified atom stereocenters. The van der Waals surface area contributed by atoms with Gasteiger partial charge in [0, 0.05) is 5.69 Å². The lowest BCUT2D eigenvalue weighted by atomic mass is 10.0. The highest BCUT2D eigenvalue weighted by atomic mass is 14.8. The van der Waals surface area contributed by atoms with Gasteiger partial charge in [0.25, 0.3) is 0 Å². The summed E-state index contributed by atoms with van der Waals surface area (Å²) in [6, 6.07) is 5.81. The summed E-state index contributed by atoms with van der Waals surface area (Å²) in [5.41, 5.74) is 6.67. The Kier molecular flexibility index (Phi) is 3.09. The van der Waals surface area contributed by atoms with Crippen molar-refractivity contribution in [3.63, 3.8) is 0 Å². The average Bonchev–Trinajstić information content (AvgIpc) is 2.04. The molecule has 0 aliphatic rings. The van der Waals surface area contributed by atoms with Gasteiger partial charge in [-0.25, -0.2) is 4.98 Å². The Hall–Kier alpha value is -1.05. The molecule has 1 atom stereocenters. The standard InChI is InChI=1S/C10H16N2/c1-3-8(2)7-9-5-4-6-10(11)12-9/h4-6,8H,3,7H2,1-2H3,(H2,11,12). The molecule has 0 spiro atoms. The Labute approximate surface area is 73.8 Å². The van der Waals surface area contributed by atoms with Gasteiger partial charge >= 0.3 is 0 Å². The van der Waals surface area contributed by atoms with Crippen LogP contribution in [-0.2, 0) is 6.42 Å². The van der Waals surface area contributed by atoms with Gasteiger partial charge in [0.05, 0.1) is 0 Å². The first-order valence-electron chi connectivity index (χ1n) is 4.43. The van der Waals surface area contributed by atoms with Crippen molar-refractivity contribution in [3.05, 3.63) is 23.9 Å². The highest BCUT2D eigenvalue weighted by molar-refractivity contribution is 5.28. The monoisotopic (exact) mass is 164 g/mol. The van der Waals surface area contributed by atoms with E-state index in [0.29, 0.717) is 11.7 Å². The van der Waals surface area contributed by atoms with E-state index in [9.17, 15) is 0 Å². The molecule has 0 radical (unpaired) electrons. The van der Waals surface area contributed by atoms with E-state index in [-0.39, 0.29) is 0 Å². The number of aromatic nitrogens is 1. The van der Waals surface area contributed by atoms with Crippen molar-refractivity contribution in [2.75, 3.05) is 5.73 Å². The Morgan fingerprint density at radius 2 is 2.25 bits per heavy atom. The van der Waals surface area contributed by atoms with Gasteiger partial charge in [-0.15, -0.1) is 0 Å². The Balaban J connectivity index is 2.63. The molecule has 2 nitrogen and oxygen atoms in total. The normalized spacial score (nSPS) is 12.8. The van der Waals surface area contributed by atoms with Gasteiger partial charge in [-0.2, -0.15) is 0 Å². The van der Waals surface area contributed by atoms with Crippen LogP contribution in [0.4, 0.5) is 5.82 Å². The van der Waals surface area contributed by atoms with E-state index in [4.69, 9.17) is 5.73 Å². The molecule has 1 heterocycles. The third-order valence-corrected chi connectivity index (χ3v) is 2.08. The molecular weight excluding hydrogens is 148 g/mol. The number of pyridine rings is 1. The third-order valence-electron chi connectivity index (χ3n) is 2.08. The number of anilines is 1. The molecular formula is C10H16N2. The first-order valence-corrected chi connectivity index (χ1v) is 4.43. The van der Waals surface area contributed by atoms with Gasteiger partial charge in [0.2, 0.25) is 0 Å². The van der Waals surface area contributed by atoms with Crippen molar-refractivity contribution >= 4 is 5.82 Å². The smallest absolute Gasteiger partial charge is 0.123 e. The van der Waals surface area contributed by atoms with Gasteiger partial charge in [0.15, 0.2) is 0 Å². The summed E-state index contributed by atoms with van der Waals surface area (Å²) in [4.78, 5) is 4.24. The summed E-state index contributed by atoms with van der Waals surface area (Å²) in [7, 11) is 0. The summed E-state index contributed by atoms with van der Waals surface area (Å²) < 4.78 is 0. The van der Waals surface area contributed by atoms with Gasteiger partial charge in [0.1, 0.15) is 5.82 Å². The fourth-order valence-corrected chi connectivity index (χ4v) is 1.11. The van der Waals surface area contributed by atoms with Crippen LogP contribution in [0.3, 0.4) is 0 Å². The maximum atomic E-state index is 5.56. The molecule has 66 valence electrons. The molecule has 0 aromatic carbocycles. The minimum Gasteiger partial charge on any atom is -0.384 e. The number of hydrogen-bond donors (Lipinski definition) is 1. The van der Waals surface area contributed by atoms with Crippen molar-refractivity contribution in [1.29, 1.82) is 0 Å². The molecule has 2 heteroatoms. The van der Waals surface area contributed by atoms with Gasteiger partial charge in [-0.1, -0.05) is 26.3 Å². The molecule has 1 rings (SSSR count). The molecule has 1 aromatic heterocycles. The molecule has 0 aliphatic heterocycles. The minimum atomic E-state index is 0.621. The van der Waals surface area contributed by atoms with Crippen molar-refractivity contribution in [3.8, 4) is 0 Å². The van der Waals surface area contributed by atoms with E-state index >= 15 is 0 Å². The molecule has 0 bridgehead atoms. The quantitative estimate of drug-likeness (QED) is 0.744. The van der Waals surface area contributed by atoms with Crippen LogP contribution in [0.25, 0.3) is 0 Å². The lowest BCUT2D eigenvalue weighted by Gasteiger charge is -2.07. The number of nitrogen functional groups attached to an aromatic ring is 1. The molecule has 0 amide bonds. The summed E-state index contributed by atoms with van der Waals surface area (Å²) >= 11 is 0. The average molecular weight is 164 g/mol. The van der Waals surface area contributed by atoms with Gasteiger partial charge < -0.3 is 5.73 Å². The number of hydrogen-bond acceptors (Lipinski definition) is 2. The Bertz CT molecular complexity index is 245. The van der Waals surface area contributed by atoms with Crippen LogP contribution in [0, 0.1) is 5.92 Å². The van der Waals surface area contributed by atoms with E-state index in [1.54, 1.807) is 0 Å². The van der Waals surface area contributed by atoms with Crippen molar-refractivity contribution < 1.29 is 0 Å². The summed E-state index contributed by atoms with van der Waals surface area (Å²) in [5.74, 6) is 1.31. The number of nitrogens with two attached hydrogens (primary N) is 1.